The van der Waals surface area contributed by atoms with Gasteiger partial charge in [0.1, 0.15) is 12.4 Å². The van der Waals surface area contributed by atoms with Gasteiger partial charge in [-0.2, -0.15) is 0 Å². The van der Waals surface area contributed by atoms with E-state index in [1.165, 1.54) is 34.6 Å². The number of hydrogen-bond donors (Lipinski definition) is 0. The Balaban J connectivity index is 1.38. The highest BCUT2D eigenvalue weighted by Gasteiger charge is 2.31. The second kappa shape index (κ2) is 11.7. The van der Waals surface area contributed by atoms with Crippen molar-refractivity contribution in [1.29, 1.82) is 0 Å². The Hall–Kier alpha value is -4.58. The number of ether oxygens (including phenoxy) is 2. The second-order valence-corrected chi connectivity index (χ2v) is 10.2. The molecule has 1 aliphatic heterocycles. The molecule has 0 bridgehead atoms. The molecule has 0 saturated carbocycles. The van der Waals surface area contributed by atoms with Crippen molar-refractivity contribution in [1.82, 2.24) is 10.1 Å². The Morgan fingerprint density at radius 1 is 0.900 bits per heavy atom. The zero-order valence-electron chi connectivity index (χ0n) is 22.6. The summed E-state index contributed by atoms with van der Waals surface area (Å²) in [5, 5.41) is 6.85. The minimum Gasteiger partial charge on any atom is -0.470 e. The number of fused-ring (bicyclic) bond motifs is 1. The molecule has 0 radical (unpaired) electrons. The molecule has 1 saturated heterocycles. The van der Waals surface area contributed by atoms with E-state index >= 15 is 0 Å². The summed E-state index contributed by atoms with van der Waals surface area (Å²) in [4.78, 5) is 13.8. The second-order valence-electron chi connectivity index (χ2n) is 10.2. The molecule has 1 aromatic heterocycles. The standard InChI is InChI=1S/C34H32N2O4/c1-38-34(37)36-20-18-27(19-21-36)32-30(33(35-40-32)39-23-24-10-4-2-5-11-24)22-28-17-16-25-12-8-9-15-29(25)31(28)26-13-6-3-7-14-26/h2-17,27H,18-23H2,1H3. The van der Waals surface area contributed by atoms with E-state index in [9.17, 15) is 4.79 Å². The van der Waals surface area contributed by atoms with Gasteiger partial charge in [0.05, 0.1) is 12.7 Å². The number of aromatic nitrogens is 1. The van der Waals surface area contributed by atoms with Crippen molar-refractivity contribution in [2.75, 3.05) is 20.2 Å². The number of carbonyl (C=O) groups is 1. The summed E-state index contributed by atoms with van der Waals surface area (Å²) < 4.78 is 17.3. The number of rotatable bonds is 7. The van der Waals surface area contributed by atoms with Gasteiger partial charge in [-0.1, -0.05) is 97.1 Å². The Labute approximate surface area is 234 Å². The molecule has 6 heteroatoms. The van der Waals surface area contributed by atoms with E-state index in [4.69, 9.17) is 14.0 Å². The molecule has 1 amide bonds. The number of piperidine rings is 1. The number of methoxy groups -OCH3 is 1. The average Bonchev–Trinajstić information content (AvgIpc) is 3.42. The molecule has 6 rings (SSSR count). The summed E-state index contributed by atoms with van der Waals surface area (Å²) in [7, 11) is 1.42. The van der Waals surface area contributed by atoms with Crippen LogP contribution in [-0.2, 0) is 17.8 Å². The topological polar surface area (TPSA) is 64.8 Å². The van der Waals surface area contributed by atoms with E-state index in [1.54, 1.807) is 4.90 Å². The predicted octanol–water partition coefficient (Wildman–Crippen LogP) is 7.61. The number of hydrogen-bond acceptors (Lipinski definition) is 5. The fourth-order valence-electron chi connectivity index (χ4n) is 5.68. The van der Waals surface area contributed by atoms with Crippen LogP contribution >= 0.6 is 0 Å². The van der Waals surface area contributed by atoms with Crippen molar-refractivity contribution in [2.24, 2.45) is 0 Å². The van der Waals surface area contributed by atoms with Gasteiger partial charge < -0.3 is 18.9 Å². The minimum atomic E-state index is -0.285. The Kier molecular flexibility index (Phi) is 7.49. The Morgan fingerprint density at radius 2 is 1.60 bits per heavy atom. The highest BCUT2D eigenvalue weighted by atomic mass is 16.5. The lowest BCUT2D eigenvalue weighted by molar-refractivity contribution is 0.110. The van der Waals surface area contributed by atoms with Crippen molar-refractivity contribution in [3.63, 3.8) is 0 Å². The molecular formula is C34H32N2O4. The zero-order valence-corrected chi connectivity index (χ0v) is 22.6. The van der Waals surface area contributed by atoms with Gasteiger partial charge in [0.25, 0.3) is 5.88 Å². The summed E-state index contributed by atoms with van der Waals surface area (Å²) in [6, 6.07) is 33.5. The number of benzene rings is 4. The van der Waals surface area contributed by atoms with Crippen molar-refractivity contribution in [3.8, 4) is 17.0 Å². The quantitative estimate of drug-likeness (QED) is 0.216. The molecule has 40 heavy (non-hydrogen) atoms. The van der Waals surface area contributed by atoms with Crippen molar-refractivity contribution in [2.45, 2.75) is 31.8 Å². The highest BCUT2D eigenvalue weighted by molar-refractivity contribution is 5.98. The molecule has 2 heterocycles. The molecule has 6 nitrogen and oxygen atoms in total. The molecule has 0 N–H and O–H groups in total. The van der Waals surface area contributed by atoms with E-state index < -0.39 is 0 Å². The van der Waals surface area contributed by atoms with E-state index in [0.717, 1.165) is 29.7 Å². The monoisotopic (exact) mass is 532 g/mol. The summed E-state index contributed by atoms with van der Waals surface area (Å²) in [6.07, 6.45) is 1.89. The number of likely N-dealkylation sites (tertiary alicyclic amines) is 1. The molecule has 1 fully saturated rings. The Bertz CT molecular complexity index is 1590. The first-order valence-corrected chi connectivity index (χ1v) is 13.8. The van der Waals surface area contributed by atoms with Crippen LogP contribution in [0.4, 0.5) is 4.79 Å². The van der Waals surface area contributed by atoms with Crippen LogP contribution in [0.15, 0.2) is 102 Å². The van der Waals surface area contributed by atoms with Gasteiger partial charge in [0, 0.05) is 25.4 Å². The van der Waals surface area contributed by atoms with Crippen molar-refractivity contribution < 1.29 is 18.8 Å². The summed E-state index contributed by atoms with van der Waals surface area (Å²) in [5.74, 6) is 1.51. The fraction of sp³-hybridized carbons (Fsp3) is 0.235. The van der Waals surface area contributed by atoms with Crippen LogP contribution < -0.4 is 4.74 Å². The van der Waals surface area contributed by atoms with Gasteiger partial charge in [0.15, 0.2) is 0 Å². The number of carbonyl (C=O) groups excluding carboxylic acids is 1. The molecule has 0 unspecified atom stereocenters. The zero-order chi connectivity index (χ0) is 27.3. The van der Waals surface area contributed by atoms with Gasteiger partial charge in [-0.25, -0.2) is 4.79 Å². The van der Waals surface area contributed by atoms with E-state index in [0.29, 0.717) is 32.0 Å². The third-order valence-electron chi connectivity index (χ3n) is 7.74. The summed E-state index contributed by atoms with van der Waals surface area (Å²) in [6.45, 7) is 1.63. The van der Waals surface area contributed by atoms with Crippen LogP contribution in [0.25, 0.3) is 21.9 Å². The summed E-state index contributed by atoms with van der Waals surface area (Å²) in [5.41, 5.74) is 5.61. The lowest BCUT2D eigenvalue weighted by atomic mass is 9.87. The minimum absolute atomic E-state index is 0.137. The Morgan fingerprint density at radius 3 is 2.35 bits per heavy atom. The molecule has 0 atom stereocenters. The molecule has 1 aliphatic rings. The molecule has 202 valence electrons. The third kappa shape index (κ3) is 5.30. The smallest absolute Gasteiger partial charge is 0.409 e. The van der Waals surface area contributed by atoms with Crippen molar-refractivity contribution >= 4 is 16.9 Å². The van der Waals surface area contributed by atoms with Crippen LogP contribution in [0.1, 0.15) is 41.2 Å². The van der Waals surface area contributed by atoms with Gasteiger partial charge in [0.2, 0.25) is 0 Å². The van der Waals surface area contributed by atoms with Crippen LogP contribution in [0.3, 0.4) is 0 Å². The van der Waals surface area contributed by atoms with E-state index in [-0.39, 0.29) is 12.0 Å². The first kappa shape index (κ1) is 25.7. The van der Waals surface area contributed by atoms with Crippen LogP contribution in [0.5, 0.6) is 5.88 Å². The molecule has 0 spiro atoms. The van der Waals surface area contributed by atoms with Crippen molar-refractivity contribution in [3.05, 3.63) is 120 Å². The summed E-state index contributed by atoms with van der Waals surface area (Å²) >= 11 is 0. The van der Waals surface area contributed by atoms with Crippen LogP contribution in [0.2, 0.25) is 0 Å². The van der Waals surface area contributed by atoms with Crippen LogP contribution in [-0.4, -0.2) is 36.3 Å². The number of nitrogens with zero attached hydrogens (tertiary/aromatic N) is 2. The van der Waals surface area contributed by atoms with Gasteiger partial charge in [-0.3, -0.25) is 0 Å². The fourth-order valence-corrected chi connectivity index (χ4v) is 5.68. The van der Waals surface area contributed by atoms with E-state index in [2.05, 4.69) is 65.8 Å². The SMILES string of the molecule is COC(=O)N1CCC(c2onc(OCc3ccccc3)c2Cc2ccc3ccccc3c2-c2ccccc2)CC1. The third-order valence-corrected chi connectivity index (χ3v) is 7.74. The predicted molar refractivity (Wildman–Crippen MR) is 155 cm³/mol. The highest BCUT2D eigenvalue weighted by Crippen LogP contribution is 2.39. The number of amides is 1. The molecule has 4 aromatic carbocycles. The van der Waals surface area contributed by atoms with Crippen LogP contribution in [0, 0.1) is 0 Å². The maximum Gasteiger partial charge on any atom is 0.409 e. The molecule has 5 aromatic rings. The average molecular weight is 533 g/mol. The maximum atomic E-state index is 12.1. The lowest BCUT2D eigenvalue weighted by Crippen LogP contribution is -2.37. The normalized spacial score (nSPS) is 13.9. The van der Waals surface area contributed by atoms with Gasteiger partial charge in [-0.15, -0.1) is 0 Å². The lowest BCUT2D eigenvalue weighted by Gasteiger charge is -2.30. The first-order chi connectivity index (χ1) is 19.7. The molecule has 0 aliphatic carbocycles. The van der Waals surface area contributed by atoms with Gasteiger partial charge >= 0.3 is 6.09 Å². The largest absolute Gasteiger partial charge is 0.470 e. The molecular weight excluding hydrogens is 500 g/mol. The van der Waals surface area contributed by atoms with E-state index in [1.807, 2.05) is 36.4 Å². The first-order valence-electron chi connectivity index (χ1n) is 13.8. The maximum absolute atomic E-state index is 12.1. The van der Waals surface area contributed by atoms with Gasteiger partial charge in [-0.05, 0) is 51.0 Å².